The fourth-order valence-corrected chi connectivity index (χ4v) is 3.51. The van der Waals surface area contributed by atoms with Gasteiger partial charge in [-0.3, -0.25) is 4.79 Å². The molecule has 5 nitrogen and oxygen atoms in total. The second kappa shape index (κ2) is 8.41. The van der Waals surface area contributed by atoms with Gasteiger partial charge in [-0.15, -0.1) is 0 Å². The van der Waals surface area contributed by atoms with E-state index < -0.39 is 0 Å². The summed E-state index contributed by atoms with van der Waals surface area (Å²) in [5.41, 5.74) is 2.09. The Labute approximate surface area is 176 Å². The molecule has 0 amide bonds. The van der Waals surface area contributed by atoms with Crippen LogP contribution in [0.5, 0.6) is 5.75 Å². The molecule has 0 N–H and O–H groups in total. The number of hydrogen-bond donors (Lipinski definition) is 0. The molecule has 0 saturated carbocycles. The van der Waals surface area contributed by atoms with Crippen LogP contribution in [0.4, 0.5) is 0 Å². The van der Waals surface area contributed by atoms with Gasteiger partial charge < -0.3 is 4.74 Å². The summed E-state index contributed by atoms with van der Waals surface area (Å²) in [6.07, 6.45) is 1.64. The van der Waals surface area contributed by atoms with Crippen molar-refractivity contribution in [1.29, 1.82) is 0 Å². The van der Waals surface area contributed by atoms with Crippen LogP contribution >= 0.6 is 15.9 Å². The van der Waals surface area contributed by atoms with Gasteiger partial charge in [0.1, 0.15) is 5.75 Å². The lowest BCUT2D eigenvalue weighted by Crippen LogP contribution is -2.20. The highest BCUT2D eigenvalue weighted by molar-refractivity contribution is 9.10. The van der Waals surface area contributed by atoms with Crippen molar-refractivity contribution in [2.75, 3.05) is 6.61 Å². The van der Waals surface area contributed by atoms with Gasteiger partial charge in [0.25, 0.3) is 5.56 Å². The van der Waals surface area contributed by atoms with Crippen LogP contribution in [-0.2, 0) is 0 Å². The molecular weight excluding hydrogens is 430 g/mol. The molecule has 0 bridgehead atoms. The molecule has 3 aromatic carbocycles. The Balaban J connectivity index is 1.84. The van der Waals surface area contributed by atoms with E-state index in [1.54, 1.807) is 12.3 Å². The van der Waals surface area contributed by atoms with Gasteiger partial charge in [-0.25, -0.2) is 4.98 Å². The van der Waals surface area contributed by atoms with Crippen molar-refractivity contribution in [2.45, 2.75) is 6.92 Å². The molecule has 144 valence electrons. The number of halogens is 1. The standard InChI is InChI=1S/C23H18BrN3O2/c1-2-29-21-13-12-16(14-19(21)24)15-25-27-22(17-8-4-3-5-9-17)26-20-11-7-6-10-18(20)23(27)28/h3-15H,2H2,1H3. The molecule has 4 aromatic rings. The van der Waals surface area contributed by atoms with Crippen LogP contribution < -0.4 is 10.3 Å². The smallest absolute Gasteiger partial charge is 0.282 e. The van der Waals surface area contributed by atoms with Crippen molar-refractivity contribution in [3.8, 4) is 17.1 Å². The second-order valence-electron chi connectivity index (χ2n) is 6.30. The summed E-state index contributed by atoms with van der Waals surface area (Å²) in [6, 6.07) is 22.5. The van der Waals surface area contributed by atoms with Gasteiger partial charge in [0, 0.05) is 5.56 Å². The number of fused-ring (bicyclic) bond motifs is 1. The normalized spacial score (nSPS) is 11.2. The number of rotatable bonds is 5. The molecule has 0 atom stereocenters. The van der Waals surface area contributed by atoms with Crippen LogP contribution in [0.3, 0.4) is 0 Å². The predicted octanol–water partition coefficient (Wildman–Crippen LogP) is 5.11. The number of benzene rings is 3. The van der Waals surface area contributed by atoms with E-state index in [9.17, 15) is 4.79 Å². The second-order valence-corrected chi connectivity index (χ2v) is 7.16. The van der Waals surface area contributed by atoms with Crippen LogP contribution in [-0.4, -0.2) is 22.5 Å². The van der Waals surface area contributed by atoms with Crippen molar-refractivity contribution < 1.29 is 4.74 Å². The SMILES string of the molecule is CCOc1ccc(C=Nn2c(-c3ccccc3)nc3ccccc3c2=O)cc1Br. The first-order valence-corrected chi connectivity index (χ1v) is 10.0. The maximum absolute atomic E-state index is 13.1. The van der Waals surface area contributed by atoms with E-state index >= 15 is 0 Å². The Morgan fingerprint density at radius 2 is 1.83 bits per heavy atom. The summed E-state index contributed by atoms with van der Waals surface area (Å²) in [6.45, 7) is 2.52. The molecule has 29 heavy (non-hydrogen) atoms. The summed E-state index contributed by atoms with van der Waals surface area (Å²) in [5, 5.41) is 5.00. The van der Waals surface area contributed by atoms with Crippen LogP contribution in [0.15, 0.2) is 87.2 Å². The van der Waals surface area contributed by atoms with Crippen molar-refractivity contribution in [3.63, 3.8) is 0 Å². The summed E-state index contributed by atoms with van der Waals surface area (Å²) in [7, 11) is 0. The van der Waals surface area contributed by atoms with Crippen LogP contribution in [0.2, 0.25) is 0 Å². The van der Waals surface area contributed by atoms with Crippen molar-refractivity contribution in [2.24, 2.45) is 5.10 Å². The Kier molecular flexibility index (Phi) is 5.53. The molecule has 0 aliphatic rings. The molecule has 6 heteroatoms. The quantitative estimate of drug-likeness (QED) is 0.399. The molecule has 0 radical (unpaired) electrons. The lowest BCUT2D eigenvalue weighted by Gasteiger charge is -2.09. The highest BCUT2D eigenvalue weighted by Crippen LogP contribution is 2.25. The first-order valence-electron chi connectivity index (χ1n) is 9.21. The average Bonchev–Trinajstić information content (AvgIpc) is 2.75. The summed E-state index contributed by atoms with van der Waals surface area (Å²) >= 11 is 3.51. The highest BCUT2D eigenvalue weighted by atomic mass is 79.9. The monoisotopic (exact) mass is 447 g/mol. The van der Waals surface area contributed by atoms with Gasteiger partial charge in [0.05, 0.1) is 28.2 Å². The zero-order valence-electron chi connectivity index (χ0n) is 15.7. The molecule has 1 aromatic heterocycles. The zero-order chi connectivity index (χ0) is 20.2. The third-order valence-corrected chi connectivity index (χ3v) is 4.98. The van der Waals surface area contributed by atoms with Gasteiger partial charge in [0.2, 0.25) is 0 Å². The van der Waals surface area contributed by atoms with E-state index in [-0.39, 0.29) is 5.56 Å². The molecule has 0 fully saturated rings. The Morgan fingerprint density at radius 3 is 2.59 bits per heavy atom. The minimum Gasteiger partial charge on any atom is -0.493 e. The first kappa shape index (κ1) is 19.1. The van der Waals surface area contributed by atoms with Crippen molar-refractivity contribution in [1.82, 2.24) is 9.66 Å². The lowest BCUT2D eigenvalue weighted by atomic mass is 10.2. The van der Waals surface area contributed by atoms with Crippen molar-refractivity contribution >= 4 is 33.0 Å². The predicted molar refractivity (Wildman–Crippen MR) is 120 cm³/mol. The van der Waals surface area contributed by atoms with Gasteiger partial charge in [-0.1, -0.05) is 42.5 Å². The van der Waals surface area contributed by atoms with Crippen LogP contribution in [0.25, 0.3) is 22.3 Å². The third-order valence-electron chi connectivity index (χ3n) is 4.36. The van der Waals surface area contributed by atoms with Crippen LogP contribution in [0, 0.1) is 0 Å². The van der Waals surface area contributed by atoms with E-state index in [0.29, 0.717) is 23.3 Å². The number of para-hydroxylation sites is 1. The van der Waals surface area contributed by atoms with Gasteiger partial charge in [-0.05, 0) is 58.7 Å². The topological polar surface area (TPSA) is 56.5 Å². The van der Waals surface area contributed by atoms with E-state index in [4.69, 9.17) is 9.72 Å². The largest absolute Gasteiger partial charge is 0.493 e. The number of aromatic nitrogens is 2. The minimum atomic E-state index is -0.212. The van der Waals surface area contributed by atoms with Crippen molar-refractivity contribution in [3.05, 3.63) is 93.2 Å². The molecule has 0 aliphatic carbocycles. The van der Waals surface area contributed by atoms with Gasteiger partial charge in [-0.2, -0.15) is 9.78 Å². The molecule has 0 saturated heterocycles. The fourth-order valence-electron chi connectivity index (χ4n) is 3.00. The average molecular weight is 448 g/mol. The number of ether oxygens (including phenoxy) is 1. The van der Waals surface area contributed by atoms with Gasteiger partial charge >= 0.3 is 0 Å². The summed E-state index contributed by atoms with van der Waals surface area (Å²) in [5.74, 6) is 1.26. The Hall–Kier alpha value is -3.25. The third kappa shape index (κ3) is 3.98. The number of hydrogen-bond acceptors (Lipinski definition) is 4. The highest BCUT2D eigenvalue weighted by Gasteiger charge is 2.12. The zero-order valence-corrected chi connectivity index (χ0v) is 17.3. The Morgan fingerprint density at radius 1 is 1.07 bits per heavy atom. The molecule has 4 rings (SSSR count). The lowest BCUT2D eigenvalue weighted by molar-refractivity contribution is 0.338. The maximum Gasteiger partial charge on any atom is 0.282 e. The molecule has 0 unspecified atom stereocenters. The molecule has 0 aliphatic heterocycles. The van der Waals surface area contributed by atoms with Crippen LogP contribution in [0.1, 0.15) is 12.5 Å². The Bertz CT molecular complexity index is 1250. The molecule has 1 heterocycles. The van der Waals surface area contributed by atoms with E-state index in [0.717, 1.165) is 21.3 Å². The summed E-state index contributed by atoms with van der Waals surface area (Å²) < 4.78 is 7.72. The number of nitrogens with zero attached hydrogens (tertiary/aromatic N) is 3. The minimum absolute atomic E-state index is 0.212. The molecule has 0 spiro atoms. The molecular formula is C23H18BrN3O2. The summed E-state index contributed by atoms with van der Waals surface area (Å²) in [4.78, 5) is 17.8. The maximum atomic E-state index is 13.1. The fraction of sp³-hybridized carbons (Fsp3) is 0.0870. The van der Waals surface area contributed by atoms with E-state index in [1.807, 2.05) is 73.7 Å². The first-order chi connectivity index (χ1) is 14.2. The van der Waals surface area contributed by atoms with E-state index in [1.165, 1.54) is 4.68 Å². The van der Waals surface area contributed by atoms with E-state index in [2.05, 4.69) is 21.0 Å². The van der Waals surface area contributed by atoms with Gasteiger partial charge in [0.15, 0.2) is 5.82 Å².